The van der Waals surface area contributed by atoms with E-state index in [1.165, 1.54) is 0 Å². The predicted octanol–water partition coefficient (Wildman–Crippen LogP) is 0.948. The number of H-pyrrole nitrogens is 1. The number of aromatic nitrogens is 2. The Labute approximate surface area is 123 Å². The Kier molecular flexibility index (Phi) is 5.39. The van der Waals surface area contributed by atoms with Crippen LogP contribution >= 0.6 is 11.6 Å². The molecule has 1 amide bonds. The summed E-state index contributed by atoms with van der Waals surface area (Å²) in [4.78, 5) is 14.1. The Morgan fingerprint density at radius 1 is 1.60 bits per heavy atom. The number of aliphatic hydroxyl groups is 1. The van der Waals surface area contributed by atoms with E-state index in [4.69, 9.17) is 11.6 Å². The molecule has 0 aromatic carbocycles. The Balaban J connectivity index is 1.80. The van der Waals surface area contributed by atoms with E-state index < -0.39 is 0 Å². The maximum absolute atomic E-state index is 11.9. The third-order valence-corrected chi connectivity index (χ3v) is 4.19. The molecule has 1 saturated heterocycles. The summed E-state index contributed by atoms with van der Waals surface area (Å²) in [5.74, 6) is -0.267. The quantitative estimate of drug-likeness (QED) is 0.756. The average molecular weight is 301 g/mol. The number of nitrogens with one attached hydrogen (secondary N) is 2. The van der Waals surface area contributed by atoms with Crippen LogP contribution in [0.5, 0.6) is 0 Å². The van der Waals surface area contributed by atoms with Crippen LogP contribution in [0, 0.1) is 6.92 Å². The molecule has 1 aliphatic heterocycles. The number of hydrogen-bond donors (Lipinski definition) is 3. The summed E-state index contributed by atoms with van der Waals surface area (Å²) in [6.45, 7) is 4.18. The van der Waals surface area contributed by atoms with Gasteiger partial charge >= 0.3 is 0 Å². The number of amides is 1. The van der Waals surface area contributed by atoms with E-state index in [9.17, 15) is 9.90 Å². The van der Waals surface area contributed by atoms with Gasteiger partial charge < -0.3 is 10.4 Å². The second kappa shape index (κ2) is 7.06. The zero-order valence-electron chi connectivity index (χ0n) is 11.7. The molecule has 6 nitrogen and oxygen atoms in total. The van der Waals surface area contributed by atoms with Crippen molar-refractivity contribution in [3.8, 4) is 0 Å². The lowest BCUT2D eigenvalue weighted by Crippen LogP contribution is -2.45. The van der Waals surface area contributed by atoms with Crippen LogP contribution in [-0.4, -0.2) is 58.4 Å². The molecule has 0 saturated carbocycles. The normalized spacial score (nSPS) is 20.1. The van der Waals surface area contributed by atoms with E-state index in [0.29, 0.717) is 17.3 Å². The van der Waals surface area contributed by atoms with Crippen LogP contribution in [0.3, 0.4) is 0 Å². The van der Waals surface area contributed by atoms with Gasteiger partial charge in [-0.25, -0.2) is 0 Å². The van der Waals surface area contributed by atoms with E-state index in [0.717, 1.165) is 32.4 Å². The fraction of sp³-hybridized carbons (Fsp3) is 0.692. The molecule has 0 unspecified atom stereocenters. The summed E-state index contributed by atoms with van der Waals surface area (Å²) < 4.78 is 0. The molecule has 0 aliphatic carbocycles. The summed E-state index contributed by atoms with van der Waals surface area (Å²) >= 11 is 5.98. The van der Waals surface area contributed by atoms with Gasteiger partial charge in [-0.2, -0.15) is 5.10 Å². The van der Waals surface area contributed by atoms with Gasteiger partial charge in [-0.15, -0.1) is 0 Å². The average Bonchev–Trinajstić information content (AvgIpc) is 2.79. The third kappa shape index (κ3) is 3.50. The molecule has 0 bridgehead atoms. The van der Waals surface area contributed by atoms with Crippen molar-refractivity contribution in [3.05, 3.63) is 16.4 Å². The summed E-state index contributed by atoms with van der Waals surface area (Å²) in [6.07, 6.45) is 3.33. The smallest absolute Gasteiger partial charge is 0.273 e. The van der Waals surface area contributed by atoms with Crippen molar-refractivity contribution in [3.63, 3.8) is 0 Å². The van der Waals surface area contributed by atoms with Gasteiger partial charge in [-0.1, -0.05) is 18.0 Å². The largest absolute Gasteiger partial charge is 0.395 e. The molecule has 112 valence electrons. The molecule has 3 N–H and O–H groups in total. The number of carbonyl (C=O) groups is 1. The number of aromatic amines is 1. The van der Waals surface area contributed by atoms with E-state index >= 15 is 0 Å². The van der Waals surface area contributed by atoms with Crippen molar-refractivity contribution in [2.24, 2.45) is 0 Å². The number of hydrogen-bond acceptors (Lipinski definition) is 4. The van der Waals surface area contributed by atoms with Gasteiger partial charge in [0, 0.05) is 19.1 Å². The molecule has 7 heteroatoms. The molecule has 1 fully saturated rings. The summed E-state index contributed by atoms with van der Waals surface area (Å²) in [5.41, 5.74) is 0.926. The first-order chi connectivity index (χ1) is 9.63. The Hall–Kier alpha value is -1.11. The van der Waals surface area contributed by atoms with Crippen molar-refractivity contribution in [2.75, 3.05) is 26.2 Å². The Morgan fingerprint density at radius 3 is 3.05 bits per heavy atom. The van der Waals surface area contributed by atoms with Crippen molar-refractivity contribution in [2.45, 2.75) is 32.2 Å². The molecule has 1 aromatic heterocycles. The highest BCUT2D eigenvalue weighted by molar-refractivity contribution is 6.34. The van der Waals surface area contributed by atoms with Gasteiger partial charge in [0.1, 0.15) is 0 Å². The minimum atomic E-state index is -0.267. The van der Waals surface area contributed by atoms with E-state index in [2.05, 4.69) is 20.4 Å². The molecule has 20 heavy (non-hydrogen) atoms. The molecule has 1 aliphatic rings. The molecular formula is C13H21ClN4O2. The van der Waals surface area contributed by atoms with Crippen LogP contribution < -0.4 is 5.32 Å². The predicted molar refractivity (Wildman–Crippen MR) is 77.0 cm³/mol. The fourth-order valence-electron chi connectivity index (χ4n) is 2.52. The first-order valence-electron chi connectivity index (χ1n) is 6.97. The first-order valence-corrected chi connectivity index (χ1v) is 7.35. The van der Waals surface area contributed by atoms with Gasteiger partial charge in [0.05, 0.1) is 17.3 Å². The fourth-order valence-corrected chi connectivity index (χ4v) is 2.69. The van der Waals surface area contributed by atoms with Crippen molar-refractivity contribution < 1.29 is 9.90 Å². The van der Waals surface area contributed by atoms with Crippen LogP contribution in [0.2, 0.25) is 5.02 Å². The van der Waals surface area contributed by atoms with Crippen molar-refractivity contribution in [1.82, 2.24) is 20.4 Å². The Morgan fingerprint density at radius 2 is 2.40 bits per heavy atom. The standard InChI is InChI=1S/C13H21ClN4O2/c1-9-11(14)12(17-16-9)13(20)15-5-7-18-6-3-2-4-10(18)8-19/h10,19H,2-8H2,1H3,(H,15,20)(H,16,17)/t10-/m0/s1. The molecule has 2 heterocycles. The zero-order valence-corrected chi connectivity index (χ0v) is 12.4. The maximum atomic E-state index is 11.9. The summed E-state index contributed by atoms with van der Waals surface area (Å²) in [7, 11) is 0. The Bertz CT molecular complexity index is 463. The third-order valence-electron chi connectivity index (χ3n) is 3.73. The van der Waals surface area contributed by atoms with Crippen LogP contribution in [0.4, 0.5) is 0 Å². The highest BCUT2D eigenvalue weighted by Gasteiger charge is 2.21. The number of nitrogens with zero attached hydrogens (tertiary/aromatic N) is 2. The number of piperidine rings is 1. The monoisotopic (exact) mass is 300 g/mol. The van der Waals surface area contributed by atoms with E-state index in [-0.39, 0.29) is 24.2 Å². The number of likely N-dealkylation sites (tertiary alicyclic amines) is 1. The molecule has 1 atom stereocenters. The number of carbonyl (C=O) groups excluding carboxylic acids is 1. The number of aryl methyl sites for hydroxylation is 1. The number of halogens is 1. The molecule has 2 rings (SSSR count). The van der Waals surface area contributed by atoms with Crippen molar-refractivity contribution in [1.29, 1.82) is 0 Å². The van der Waals surface area contributed by atoms with Crippen LogP contribution in [0.15, 0.2) is 0 Å². The first kappa shape index (κ1) is 15.3. The molecule has 1 aromatic rings. The lowest BCUT2D eigenvalue weighted by atomic mass is 10.0. The second-order valence-electron chi connectivity index (χ2n) is 5.14. The summed E-state index contributed by atoms with van der Waals surface area (Å²) in [6, 6.07) is 0.219. The topological polar surface area (TPSA) is 81.2 Å². The SMILES string of the molecule is Cc1[nH]nc(C(=O)NCCN2CCCC[C@H]2CO)c1Cl. The summed E-state index contributed by atoms with van der Waals surface area (Å²) in [5, 5.41) is 19.1. The van der Waals surface area contributed by atoms with Crippen LogP contribution in [0.1, 0.15) is 35.4 Å². The lowest BCUT2D eigenvalue weighted by Gasteiger charge is -2.34. The number of rotatable bonds is 5. The van der Waals surface area contributed by atoms with Crippen LogP contribution in [-0.2, 0) is 0 Å². The van der Waals surface area contributed by atoms with E-state index in [1.54, 1.807) is 6.92 Å². The highest BCUT2D eigenvalue weighted by atomic mass is 35.5. The minimum Gasteiger partial charge on any atom is -0.395 e. The van der Waals surface area contributed by atoms with Crippen molar-refractivity contribution >= 4 is 17.5 Å². The van der Waals surface area contributed by atoms with Gasteiger partial charge in [-0.3, -0.25) is 14.8 Å². The second-order valence-corrected chi connectivity index (χ2v) is 5.51. The zero-order chi connectivity index (χ0) is 14.5. The van der Waals surface area contributed by atoms with Gasteiger partial charge in [0.25, 0.3) is 5.91 Å². The van der Waals surface area contributed by atoms with E-state index in [1.807, 2.05) is 0 Å². The highest BCUT2D eigenvalue weighted by Crippen LogP contribution is 2.17. The van der Waals surface area contributed by atoms with Gasteiger partial charge in [0.2, 0.25) is 0 Å². The molecule has 0 spiro atoms. The van der Waals surface area contributed by atoms with Gasteiger partial charge in [-0.05, 0) is 26.3 Å². The maximum Gasteiger partial charge on any atom is 0.273 e. The number of aliphatic hydroxyl groups excluding tert-OH is 1. The molecular weight excluding hydrogens is 280 g/mol. The van der Waals surface area contributed by atoms with Crippen LogP contribution in [0.25, 0.3) is 0 Å². The minimum absolute atomic E-state index is 0.179. The molecule has 0 radical (unpaired) electrons. The van der Waals surface area contributed by atoms with Gasteiger partial charge in [0.15, 0.2) is 5.69 Å². The lowest BCUT2D eigenvalue weighted by molar-refractivity contribution is 0.0847.